The van der Waals surface area contributed by atoms with E-state index in [0.29, 0.717) is 5.82 Å². The van der Waals surface area contributed by atoms with E-state index in [1.807, 2.05) is 0 Å². The molecule has 0 radical (unpaired) electrons. The number of anilines is 1. The molecular formula is C7H6ClN7O2. The monoisotopic (exact) mass is 255 g/mol. The van der Waals surface area contributed by atoms with E-state index in [1.165, 1.54) is 6.33 Å². The molecule has 88 valence electrons. The fraction of sp³-hybridized carbons (Fsp3) is 0.143. The van der Waals surface area contributed by atoms with Crippen LogP contribution >= 0.6 is 11.6 Å². The third-order valence-corrected chi connectivity index (χ3v) is 2.12. The molecule has 0 atom stereocenters. The Morgan fingerprint density at radius 3 is 2.88 bits per heavy atom. The van der Waals surface area contributed by atoms with Gasteiger partial charge >= 0.3 is 5.69 Å². The van der Waals surface area contributed by atoms with Crippen molar-refractivity contribution in [3.63, 3.8) is 0 Å². The van der Waals surface area contributed by atoms with Gasteiger partial charge < -0.3 is 5.32 Å². The molecule has 0 saturated carbocycles. The van der Waals surface area contributed by atoms with Gasteiger partial charge in [-0.3, -0.25) is 15.2 Å². The number of hydrogen-bond acceptors (Lipinski definition) is 7. The maximum absolute atomic E-state index is 10.8. The molecule has 0 saturated heterocycles. The smallest absolute Gasteiger partial charge is 0.348 e. The summed E-state index contributed by atoms with van der Waals surface area (Å²) in [5, 5.41) is 19.5. The first-order valence-corrected chi connectivity index (χ1v) is 4.79. The van der Waals surface area contributed by atoms with Gasteiger partial charge in [0.2, 0.25) is 11.0 Å². The molecule has 0 spiro atoms. The summed E-state index contributed by atoms with van der Waals surface area (Å²) in [6.07, 6.45) is 2.47. The Hall–Kier alpha value is -2.29. The highest BCUT2D eigenvalue weighted by Crippen LogP contribution is 2.28. The lowest BCUT2D eigenvalue weighted by Crippen LogP contribution is -2.06. The molecule has 0 bridgehead atoms. The first kappa shape index (κ1) is 11.2. The van der Waals surface area contributed by atoms with Gasteiger partial charge in [-0.15, -0.1) is 0 Å². The number of aromatic nitrogens is 5. The van der Waals surface area contributed by atoms with E-state index < -0.39 is 4.92 Å². The maximum Gasteiger partial charge on any atom is 0.348 e. The van der Waals surface area contributed by atoms with Crippen molar-refractivity contribution in [2.24, 2.45) is 0 Å². The zero-order chi connectivity index (χ0) is 12.3. The Morgan fingerprint density at radius 2 is 2.24 bits per heavy atom. The van der Waals surface area contributed by atoms with Crippen LogP contribution in [0.4, 0.5) is 11.5 Å². The van der Waals surface area contributed by atoms with Crippen molar-refractivity contribution in [2.75, 3.05) is 5.32 Å². The number of hydrogen-bond donors (Lipinski definition) is 2. The van der Waals surface area contributed by atoms with Crippen molar-refractivity contribution in [1.29, 1.82) is 0 Å². The summed E-state index contributed by atoms with van der Waals surface area (Å²) in [5.41, 5.74) is -0.367. The average Bonchev–Trinajstić information content (AvgIpc) is 2.78. The van der Waals surface area contributed by atoms with E-state index in [1.54, 1.807) is 0 Å². The third kappa shape index (κ3) is 2.45. The summed E-state index contributed by atoms with van der Waals surface area (Å²) in [5.74, 6) is 0.556. The number of nitrogens with one attached hydrogen (secondary N) is 2. The van der Waals surface area contributed by atoms with Crippen LogP contribution in [0.1, 0.15) is 5.82 Å². The molecule has 2 N–H and O–H groups in total. The van der Waals surface area contributed by atoms with Crippen molar-refractivity contribution >= 4 is 23.1 Å². The van der Waals surface area contributed by atoms with Gasteiger partial charge in [0.05, 0.1) is 11.5 Å². The number of halogens is 1. The van der Waals surface area contributed by atoms with E-state index in [0.717, 1.165) is 6.33 Å². The van der Waals surface area contributed by atoms with Crippen molar-refractivity contribution in [3.8, 4) is 0 Å². The molecule has 0 unspecified atom stereocenters. The molecule has 10 heteroatoms. The SMILES string of the molecule is O=[N+]([O-])c1c(Cl)ncnc1NCc1ncn[nH]1. The zero-order valence-corrected chi connectivity index (χ0v) is 9.05. The quantitative estimate of drug-likeness (QED) is 0.470. The lowest BCUT2D eigenvalue weighted by molar-refractivity contribution is -0.384. The van der Waals surface area contributed by atoms with Gasteiger partial charge in [0.1, 0.15) is 18.5 Å². The number of aromatic amines is 1. The lowest BCUT2D eigenvalue weighted by Gasteiger charge is -2.03. The fourth-order valence-corrected chi connectivity index (χ4v) is 1.33. The molecule has 0 aliphatic carbocycles. The van der Waals surface area contributed by atoms with Crippen molar-refractivity contribution in [1.82, 2.24) is 25.1 Å². The van der Waals surface area contributed by atoms with Crippen LogP contribution in [0.5, 0.6) is 0 Å². The van der Waals surface area contributed by atoms with Gasteiger partial charge in [-0.25, -0.2) is 15.0 Å². The summed E-state index contributed by atoms with van der Waals surface area (Å²) in [6.45, 7) is 0.216. The minimum absolute atomic E-state index is 0.0337. The average molecular weight is 256 g/mol. The number of nitro groups is 1. The van der Waals surface area contributed by atoms with Crippen LogP contribution in [-0.2, 0) is 6.54 Å². The first-order valence-electron chi connectivity index (χ1n) is 4.41. The van der Waals surface area contributed by atoms with E-state index in [2.05, 4.69) is 30.5 Å². The Morgan fingerprint density at radius 1 is 1.41 bits per heavy atom. The van der Waals surface area contributed by atoms with E-state index in [-0.39, 0.29) is 23.2 Å². The van der Waals surface area contributed by atoms with E-state index in [4.69, 9.17) is 11.6 Å². The summed E-state index contributed by atoms with van der Waals surface area (Å²) in [4.78, 5) is 21.3. The normalized spacial score (nSPS) is 10.2. The molecule has 0 aliphatic heterocycles. The number of nitrogens with zero attached hydrogens (tertiary/aromatic N) is 5. The van der Waals surface area contributed by atoms with Gasteiger partial charge in [0.25, 0.3) is 0 Å². The second-order valence-electron chi connectivity index (χ2n) is 2.90. The lowest BCUT2D eigenvalue weighted by atomic mass is 10.4. The maximum atomic E-state index is 10.8. The topological polar surface area (TPSA) is 123 Å². The molecule has 2 aromatic rings. The van der Waals surface area contributed by atoms with Crippen LogP contribution in [0.3, 0.4) is 0 Å². The van der Waals surface area contributed by atoms with Crippen molar-refractivity contribution in [3.05, 3.63) is 33.7 Å². The molecule has 0 aromatic carbocycles. The highest BCUT2D eigenvalue weighted by Gasteiger charge is 2.21. The highest BCUT2D eigenvalue weighted by atomic mass is 35.5. The van der Waals surface area contributed by atoms with Gasteiger partial charge in [-0.2, -0.15) is 5.10 Å². The second-order valence-corrected chi connectivity index (χ2v) is 3.26. The minimum atomic E-state index is -0.648. The Labute approximate surface area is 99.4 Å². The molecule has 2 heterocycles. The van der Waals surface area contributed by atoms with Crippen LogP contribution in [0.25, 0.3) is 0 Å². The predicted molar refractivity (Wildman–Crippen MR) is 57.4 cm³/mol. The van der Waals surface area contributed by atoms with Crippen molar-refractivity contribution < 1.29 is 4.92 Å². The molecule has 9 nitrogen and oxygen atoms in total. The Bertz CT molecular complexity index is 529. The zero-order valence-electron chi connectivity index (χ0n) is 8.29. The summed E-state index contributed by atoms with van der Waals surface area (Å²) >= 11 is 5.62. The Balaban J connectivity index is 2.21. The minimum Gasteiger partial charge on any atom is -0.357 e. The van der Waals surface area contributed by atoms with Crippen LogP contribution in [0.2, 0.25) is 5.15 Å². The first-order chi connectivity index (χ1) is 8.18. The van der Waals surface area contributed by atoms with Gasteiger partial charge in [0, 0.05) is 0 Å². The van der Waals surface area contributed by atoms with E-state index >= 15 is 0 Å². The molecule has 0 aliphatic rings. The van der Waals surface area contributed by atoms with Crippen molar-refractivity contribution in [2.45, 2.75) is 6.54 Å². The predicted octanol–water partition coefficient (Wildman–Crippen LogP) is 0.768. The Kier molecular flexibility index (Phi) is 3.10. The van der Waals surface area contributed by atoms with Crippen LogP contribution < -0.4 is 5.32 Å². The number of rotatable bonds is 4. The molecule has 0 amide bonds. The van der Waals surface area contributed by atoms with Gasteiger partial charge in [-0.05, 0) is 0 Å². The van der Waals surface area contributed by atoms with Crippen LogP contribution in [-0.4, -0.2) is 30.1 Å². The second kappa shape index (κ2) is 4.70. The number of H-pyrrole nitrogens is 1. The molecular weight excluding hydrogens is 250 g/mol. The van der Waals surface area contributed by atoms with Crippen LogP contribution in [0, 0.1) is 10.1 Å². The fourth-order valence-electron chi connectivity index (χ4n) is 1.13. The highest BCUT2D eigenvalue weighted by molar-refractivity contribution is 6.31. The molecule has 2 rings (SSSR count). The molecule has 0 fully saturated rings. The van der Waals surface area contributed by atoms with Gasteiger partial charge in [0.15, 0.2) is 0 Å². The molecule has 17 heavy (non-hydrogen) atoms. The van der Waals surface area contributed by atoms with Crippen LogP contribution in [0.15, 0.2) is 12.7 Å². The summed E-state index contributed by atoms with van der Waals surface area (Å²) in [7, 11) is 0. The summed E-state index contributed by atoms with van der Waals surface area (Å²) < 4.78 is 0. The van der Waals surface area contributed by atoms with E-state index in [9.17, 15) is 10.1 Å². The molecule has 2 aromatic heterocycles. The summed E-state index contributed by atoms with van der Waals surface area (Å²) in [6, 6.07) is 0. The standard InChI is InChI=1S/C7H6ClN7O2/c8-6-5(15(16)17)7(12-2-11-6)9-1-4-10-3-13-14-4/h2-3H,1H2,(H,9,11,12)(H,10,13,14). The largest absolute Gasteiger partial charge is 0.357 e. The van der Waals surface area contributed by atoms with Gasteiger partial charge in [-0.1, -0.05) is 11.6 Å². The third-order valence-electron chi connectivity index (χ3n) is 1.85.